The van der Waals surface area contributed by atoms with Crippen LogP contribution in [-0.2, 0) is 12.6 Å². The molecule has 4 aromatic rings. The number of nitrogens with one attached hydrogen (secondary N) is 2. The Bertz CT molecular complexity index is 1440. The SMILES string of the molecule is C[C@@H]1CN(c2ncccc2Cl)CCN1c1nc(NCCCc2ccccc2)nc(Nc2ccc(C(F)(F)F)cc2)n1. The minimum absolute atomic E-state index is 0.0223. The molecule has 0 amide bonds. The normalized spacial score (nSPS) is 15.6. The van der Waals surface area contributed by atoms with E-state index < -0.39 is 11.7 Å². The molecule has 3 heterocycles. The van der Waals surface area contributed by atoms with Gasteiger partial charge in [0.15, 0.2) is 0 Å². The molecular weight excluding hydrogens is 553 g/mol. The number of pyridine rings is 1. The third kappa shape index (κ3) is 7.35. The molecule has 0 aliphatic carbocycles. The summed E-state index contributed by atoms with van der Waals surface area (Å²) in [6.07, 6.45) is -0.920. The lowest BCUT2D eigenvalue weighted by Crippen LogP contribution is -2.53. The first-order chi connectivity index (χ1) is 19.8. The summed E-state index contributed by atoms with van der Waals surface area (Å²) in [5, 5.41) is 6.93. The molecule has 2 N–H and O–H groups in total. The van der Waals surface area contributed by atoms with Crippen molar-refractivity contribution in [2.24, 2.45) is 0 Å². The highest BCUT2D eigenvalue weighted by atomic mass is 35.5. The molecule has 2 aromatic heterocycles. The number of piperazine rings is 1. The van der Waals surface area contributed by atoms with Gasteiger partial charge >= 0.3 is 6.18 Å². The number of aromatic nitrogens is 4. The minimum Gasteiger partial charge on any atom is -0.354 e. The van der Waals surface area contributed by atoms with Crippen molar-refractivity contribution in [3.63, 3.8) is 0 Å². The van der Waals surface area contributed by atoms with E-state index in [0.717, 1.165) is 30.8 Å². The molecule has 0 radical (unpaired) electrons. The summed E-state index contributed by atoms with van der Waals surface area (Å²) in [5.41, 5.74) is 0.961. The molecule has 41 heavy (non-hydrogen) atoms. The fourth-order valence-electron chi connectivity index (χ4n) is 4.69. The van der Waals surface area contributed by atoms with Gasteiger partial charge in [-0.2, -0.15) is 28.1 Å². The van der Waals surface area contributed by atoms with E-state index in [-0.39, 0.29) is 12.0 Å². The molecule has 2 aromatic carbocycles. The van der Waals surface area contributed by atoms with Crippen LogP contribution < -0.4 is 20.4 Å². The molecule has 12 heteroatoms. The molecule has 0 bridgehead atoms. The van der Waals surface area contributed by atoms with Crippen LogP contribution in [0.25, 0.3) is 0 Å². The van der Waals surface area contributed by atoms with Gasteiger partial charge in [0.05, 0.1) is 10.6 Å². The van der Waals surface area contributed by atoms with Crippen LogP contribution in [0.3, 0.4) is 0 Å². The van der Waals surface area contributed by atoms with E-state index in [0.29, 0.717) is 48.8 Å². The third-order valence-corrected chi connectivity index (χ3v) is 7.08. The Morgan fingerprint density at radius 2 is 1.68 bits per heavy atom. The summed E-state index contributed by atoms with van der Waals surface area (Å²) < 4.78 is 39.1. The number of benzene rings is 2. The smallest absolute Gasteiger partial charge is 0.354 e. The average molecular weight is 583 g/mol. The average Bonchev–Trinajstić information content (AvgIpc) is 2.96. The van der Waals surface area contributed by atoms with E-state index in [4.69, 9.17) is 16.6 Å². The second-order valence-corrected chi connectivity index (χ2v) is 10.2. The van der Waals surface area contributed by atoms with Gasteiger partial charge in [0, 0.05) is 44.1 Å². The lowest BCUT2D eigenvalue weighted by molar-refractivity contribution is -0.137. The Kier molecular flexibility index (Phi) is 8.72. The minimum atomic E-state index is -4.41. The maximum Gasteiger partial charge on any atom is 0.416 e. The van der Waals surface area contributed by atoms with Crippen LogP contribution in [0.1, 0.15) is 24.5 Å². The van der Waals surface area contributed by atoms with Gasteiger partial charge in [0.1, 0.15) is 5.82 Å². The fourth-order valence-corrected chi connectivity index (χ4v) is 4.94. The zero-order valence-electron chi connectivity index (χ0n) is 22.4. The van der Waals surface area contributed by atoms with Crippen LogP contribution >= 0.6 is 11.6 Å². The molecule has 0 spiro atoms. The van der Waals surface area contributed by atoms with Crippen molar-refractivity contribution < 1.29 is 13.2 Å². The summed E-state index contributed by atoms with van der Waals surface area (Å²) in [7, 11) is 0. The second-order valence-electron chi connectivity index (χ2n) is 9.80. The first kappa shape index (κ1) is 28.4. The number of rotatable bonds is 9. The standard InChI is InChI=1S/C29H30ClF3N8/c1-20-19-40(25-24(30)10-6-15-34-25)17-18-41(20)28-38-26(35-16-5-9-21-7-3-2-4-8-21)37-27(39-28)36-23-13-11-22(12-14-23)29(31,32)33/h2-4,6-8,10-15,20H,5,9,16-19H2,1H3,(H2,35,36,37,38,39)/t20-/m1/s1. The van der Waals surface area contributed by atoms with E-state index >= 15 is 0 Å². The Morgan fingerprint density at radius 1 is 0.927 bits per heavy atom. The molecule has 5 rings (SSSR count). The van der Waals surface area contributed by atoms with Crippen LogP contribution in [0.15, 0.2) is 72.9 Å². The summed E-state index contributed by atoms with van der Waals surface area (Å²) in [5.74, 6) is 1.84. The van der Waals surface area contributed by atoms with Crippen molar-refractivity contribution >= 4 is 41.0 Å². The van der Waals surface area contributed by atoms with Gasteiger partial charge in [-0.15, -0.1) is 0 Å². The zero-order valence-corrected chi connectivity index (χ0v) is 23.2. The first-order valence-electron chi connectivity index (χ1n) is 13.4. The number of hydrogen-bond acceptors (Lipinski definition) is 8. The lowest BCUT2D eigenvalue weighted by atomic mass is 10.1. The molecule has 0 saturated carbocycles. The quantitative estimate of drug-likeness (QED) is 0.218. The molecule has 8 nitrogen and oxygen atoms in total. The van der Waals surface area contributed by atoms with Gasteiger partial charge in [0.25, 0.3) is 0 Å². The van der Waals surface area contributed by atoms with E-state index in [1.54, 1.807) is 12.3 Å². The zero-order chi connectivity index (χ0) is 28.8. The number of halogens is 4. The van der Waals surface area contributed by atoms with E-state index in [2.05, 4.69) is 54.4 Å². The Labute approximate surface area is 241 Å². The number of aryl methyl sites for hydroxylation is 1. The summed E-state index contributed by atoms with van der Waals surface area (Å²) in [6.45, 7) is 4.64. The Balaban J connectivity index is 1.33. The van der Waals surface area contributed by atoms with Crippen LogP contribution in [0.4, 0.5) is 42.5 Å². The van der Waals surface area contributed by atoms with Crippen molar-refractivity contribution in [2.45, 2.75) is 32.0 Å². The second kappa shape index (κ2) is 12.6. The van der Waals surface area contributed by atoms with Gasteiger partial charge in [-0.1, -0.05) is 41.9 Å². The van der Waals surface area contributed by atoms with Gasteiger partial charge in [-0.05, 0) is 61.7 Å². The molecule has 1 aliphatic rings. The van der Waals surface area contributed by atoms with Crippen LogP contribution in [0, 0.1) is 0 Å². The van der Waals surface area contributed by atoms with Crippen molar-refractivity contribution in [2.75, 3.05) is 46.6 Å². The van der Waals surface area contributed by atoms with E-state index in [1.165, 1.54) is 17.7 Å². The van der Waals surface area contributed by atoms with Crippen molar-refractivity contribution in [3.8, 4) is 0 Å². The van der Waals surface area contributed by atoms with Gasteiger partial charge in [0.2, 0.25) is 17.8 Å². The first-order valence-corrected chi connectivity index (χ1v) is 13.7. The number of anilines is 5. The Hall–Kier alpha value is -4.12. The molecule has 1 fully saturated rings. The number of alkyl halides is 3. The predicted molar refractivity (Wildman–Crippen MR) is 156 cm³/mol. The summed E-state index contributed by atoms with van der Waals surface area (Å²) in [4.78, 5) is 22.5. The fraction of sp³-hybridized carbons (Fsp3) is 0.310. The van der Waals surface area contributed by atoms with Crippen molar-refractivity contribution in [1.82, 2.24) is 19.9 Å². The van der Waals surface area contributed by atoms with Gasteiger partial charge in [-0.3, -0.25) is 0 Å². The molecule has 214 valence electrons. The topological polar surface area (TPSA) is 82.1 Å². The van der Waals surface area contributed by atoms with Crippen molar-refractivity contribution in [1.29, 1.82) is 0 Å². The third-order valence-electron chi connectivity index (χ3n) is 6.78. The predicted octanol–water partition coefficient (Wildman–Crippen LogP) is 6.44. The van der Waals surface area contributed by atoms with Crippen LogP contribution in [0.5, 0.6) is 0 Å². The molecule has 0 unspecified atom stereocenters. The number of hydrogen-bond donors (Lipinski definition) is 2. The lowest BCUT2D eigenvalue weighted by Gasteiger charge is -2.40. The summed E-state index contributed by atoms with van der Waals surface area (Å²) >= 11 is 6.38. The van der Waals surface area contributed by atoms with Gasteiger partial charge in [-0.25, -0.2) is 4.98 Å². The molecule has 1 aliphatic heterocycles. The van der Waals surface area contributed by atoms with E-state index in [1.807, 2.05) is 24.3 Å². The maximum atomic E-state index is 13.0. The van der Waals surface area contributed by atoms with Crippen LogP contribution in [0.2, 0.25) is 5.02 Å². The van der Waals surface area contributed by atoms with Gasteiger partial charge < -0.3 is 20.4 Å². The monoisotopic (exact) mass is 582 g/mol. The highest BCUT2D eigenvalue weighted by Gasteiger charge is 2.30. The molecular formula is C29H30ClF3N8. The van der Waals surface area contributed by atoms with Crippen molar-refractivity contribution in [3.05, 3.63) is 89.1 Å². The molecule has 1 saturated heterocycles. The summed E-state index contributed by atoms with van der Waals surface area (Å²) in [6, 6.07) is 18.6. The molecule has 1 atom stereocenters. The maximum absolute atomic E-state index is 13.0. The highest BCUT2D eigenvalue weighted by Crippen LogP contribution is 2.31. The largest absolute Gasteiger partial charge is 0.416 e. The highest BCUT2D eigenvalue weighted by molar-refractivity contribution is 6.32. The Morgan fingerprint density at radius 3 is 2.39 bits per heavy atom. The van der Waals surface area contributed by atoms with E-state index in [9.17, 15) is 13.2 Å². The van der Waals surface area contributed by atoms with Crippen LogP contribution in [-0.4, -0.2) is 52.2 Å². The number of nitrogens with zero attached hydrogens (tertiary/aromatic N) is 6.